The van der Waals surface area contributed by atoms with Gasteiger partial charge < -0.3 is 14.8 Å². The summed E-state index contributed by atoms with van der Waals surface area (Å²) >= 11 is 0. The number of anilines is 1. The van der Waals surface area contributed by atoms with Gasteiger partial charge in [-0.25, -0.2) is 0 Å². The first-order valence-electron chi connectivity index (χ1n) is 8.82. The van der Waals surface area contributed by atoms with Gasteiger partial charge in [-0.3, -0.25) is 9.69 Å². The van der Waals surface area contributed by atoms with Crippen molar-refractivity contribution in [3.63, 3.8) is 0 Å². The molecule has 0 atom stereocenters. The van der Waals surface area contributed by atoms with Crippen molar-refractivity contribution < 1.29 is 14.3 Å². The second kappa shape index (κ2) is 10.2. The first-order valence-corrected chi connectivity index (χ1v) is 8.82. The van der Waals surface area contributed by atoms with E-state index >= 15 is 0 Å². The number of benzene rings is 2. The van der Waals surface area contributed by atoms with Crippen molar-refractivity contribution in [2.75, 3.05) is 32.6 Å². The fraction of sp³-hybridized carbons (Fsp3) is 0.333. The predicted molar refractivity (Wildman–Crippen MR) is 105 cm³/mol. The Kier molecular flexibility index (Phi) is 7.65. The SMILES string of the molecule is CCCN(CC(=O)Nc1ccc(OC)c(OC)c1)Cc1ccc(C#N)cc1. The summed E-state index contributed by atoms with van der Waals surface area (Å²) in [7, 11) is 3.13. The number of rotatable bonds is 9. The molecule has 1 amide bonds. The average molecular weight is 367 g/mol. The van der Waals surface area contributed by atoms with Crippen LogP contribution in [-0.2, 0) is 11.3 Å². The Labute approximate surface area is 160 Å². The van der Waals surface area contributed by atoms with Gasteiger partial charge in [-0.15, -0.1) is 0 Å². The second-order valence-electron chi connectivity index (χ2n) is 6.14. The highest BCUT2D eigenvalue weighted by molar-refractivity contribution is 5.92. The minimum atomic E-state index is -0.0932. The van der Waals surface area contributed by atoms with Gasteiger partial charge in [0.25, 0.3) is 0 Å². The molecule has 0 aromatic heterocycles. The van der Waals surface area contributed by atoms with E-state index in [-0.39, 0.29) is 12.5 Å². The summed E-state index contributed by atoms with van der Waals surface area (Å²) in [6.07, 6.45) is 0.944. The van der Waals surface area contributed by atoms with Crippen molar-refractivity contribution in [1.82, 2.24) is 4.90 Å². The Balaban J connectivity index is 2.00. The van der Waals surface area contributed by atoms with Crippen LogP contribution in [0.15, 0.2) is 42.5 Å². The molecule has 0 fully saturated rings. The summed E-state index contributed by atoms with van der Waals surface area (Å²) in [6.45, 7) is 3.82. The number of nitriles is 1. The van der Waals surface area contributed by atoms with Gasteiger partial charge in [-0.05, 0) is 42.8 Å². The number of hydrogen-bond acceptors (Lipinski definition) is 5. The Morgan fingerprint density at radius 3 is 2.41 bits per heavy atom. The molecule has 0 bridgehead atoms. The number of methoxy groups -OCH3 is 2. The third-order valence-electron chi connectivity index (χ3n) is 4.06. The summed E-state index contributed by atoms with van der Waals surface area (Å²) in [4.78, 5) is 14.6. The van der Waals surface area contributed by atoms with Crippen molar-refractivity contribution in [3.05, 3.63) is 53.6 Å². The van der Waals surface area contributed by atoms with E-state index in [1.54, 1.807) is 44.6 Å². The quantitative estimate of drug-likeness (QED) is 0.735. The van der Waals surface area contributed by atoms with Crippen LogP contribution in [0.1, 0.15) is 24.5 Å². The average Bonchev–Trinajstić information content (AvgIpc) is 2.68. The van der Waals surface area contributed by atoms with E-state index in [2.05, 4.69) is 23.2 Å². The lowest BCUT2D eigenvalue weighted by Crippen LogP contribution is -2.33. The first-order chi connectivity index (χ1) is 13.1. The third kappa shape index (κ3) is 6.01. The van der Waals surface area contributed by atoms with E-state index in [1.807, 2.05) is 12.1 Å². The van der Waals surface area contributed by atoms with Crippen LogP contribution in [0.2, 0.25) is 0 Å². The van der Waals surface area contributed by atoms with Gasteiger partial charge in [0.1, 0.15) is 0 Å². The monoisotopic (exact) mass is 367 g/mol. The van der Waals surface area contributed by atoms with Crippen LogP contribution < -0.4 is 14.8 Å². The van der Waals surface area contributed by atoms with E-state index < -0.39 is 0 Å². The number of nitrogens with zero attached hydrogens (tertiary/aromatic N) is 2. The lowest BCUT2D eigenvalue weighted by Gasteiger charge is -2.21. The van der Waals surface area contributed by atoms with Crippen LogP contribution in [0.4, 0.5) is 5.69 Å². The van der Waals surface area contributed by atoms with Crippen LogP contribution in [0.25, 0.3) is 0 Å². The van der Waals surface area contributed by atoms with E-state index in [4.69, 9.17) is 14.7 Å². The maximum atomic E-state index is 12.5. The molecule has 6 heteroatoms. The van der Waals surface area contributed by atoms with Crippen molar-refractivity contribution in [1.29, 1.82) is 5.26 Å². The summed E-state index contributed by atoms with van der Waals surface area (Å²) in [5.74, 6) is 1.09. The minimum absolute atomic E-state index is 0.0932. The molecular weight excluding hydrogens is 342 g/mol. The lowest BCUT2D eigenvalue weighted by molar-refractivity contribution is -0.117. The van der Waals surface area contributed by atoms with Crippen molar-refractivity contribution in [3.8, 4) is 17.6 Å². The summed E-state index contributed by atoms with van der Waals surface area (Å²) in [6, 6.07) is 14.8. The van der Waals surface area contributed by atoms with E-state index in [9.17, 15) is 4.79 Å². The molecule has 0 saturated heterocycles. The maximum Gasteiger partial charge on any atom is 0.238 e. The normalized spacial score (nSPS) is 10.3. The minimum Gasteiger partial charge on any atom is -0.493 e. The zero-order valence-electron chi connectivity index (χ0n) is 16.0. The Morgan fingerprint density at radius 1 is 1.11 bits per heavy atom. The molecule has 1 N–H and O–H groups in total. The lowest BCUT2D eigenvalue weighted by atomic mass is 10.1. The fourth-order valence-electron chi connectivity index (χ4n) is 2.79. The van der Waals surface area contributed by atoms with Gasteiger partial charge in [0, 0.05) is 18.3 Å². The molecule has 0 aliphatic carbocycles. The van der Waals surface area contributed by atoms with Crippen LogP contribution >= 0.6 is 0 Å². The number of ether oxygens (including phenoxy) is 2. The summed E-state index contributed by atoms with van der Waals surface area (Å²) < 4.78 is 10.5. The van der Waals surface area contributed by atoms with Gasteiger partial charge in [0.2, 0.25) is 5.91 Å². The number of amides is 1. The highest BCUT2D eigenvalue weighted by Crippen LogP contribution is 2.29. The van der Waals surface area contributed by atoms with Crippen LogP contribution in [0.3, 0.4) is 0 Å². The topological polar surface area (TPSA) is 74.6 Å². The number of nitrogens with one attached hydrogen (secondary N) is 1. The zero-order valence-corrected chi connectivity index (χ0v) is 16.0. The smallest absolute Gasteiger partial charge is 0.238 e. The molecule has 6 nitrogen and oxygen atoms in total. The highest BCUT2D eigenvalue weighted by Gasteiger charge is 2.12. The molecule has 0 aliphatic rings. The van der Waals surface area contributed by atoms with Gasteiger partial charge >= 0.3 is 0 Å². The van der Waals surface area contributed by atoms with Crippen LogP contribution in [0, 0.1) is 11.3 Å². The Hall–Kier alpha value is -3.04. The van der Waals surface area contributed by atoms with E-state index in [0.717, 1.165) is 18.5 Å². The number of carbonyl (C=O) groups excluding carboxylic acids is 1. The Bertz CT molecular complexity index is 797. The first kappa shape index (κ1) is 20.3. The summed E-state index contributed by atoms with van der Waals surface area (Å²) in [5.41, 5.74) is 2.36. The molecule has 0 saturated carbocycles. The zero-order chi connectivity index (χ0) is 19.6. The van der Waals surface area contributed by atoms with Crippen LogP contribution in [0.5, 0.6) is 11.5 Å². The predicted octanol–water partition coefficient (Wildman–Crippen LogP) is 3.43. The standard InChI is InChI=1S/C21H25N3O3/c1-4-11-24(14-17-7-5-16(13-22)6-8-17)15-21(25)23-18-9-10-19(26-2)20(12-18)27-3/h5-10,12H,4,11,14-15H2,1-3H3,(H,23,25). The fourth-order valence-corrected chi connectivity index (χ4v) is 2.79. The molecule has 0 heterocycles. The molecule has 0 unspecified atom stereocenters. The summed E-state index contributed by atoms with van der Waals surface area (Å²) in [5, 5.41) is 11.8. The molecular formula is C21H25N3O3. The molecule has 142 valence electrons. The maximum absolute atomic E-state index is 12.5. The molecule has 2 rings (SSSR count). The molecule has 2 aromatic rings. The van der Waals surface area contributed by atoms with Crippen molar-refractivity contribution >= 4 is 11.6 Å². The molecule has 27 heavy (non-hydrogen) atoms. The van der Waals surface area contributed by atoms with Crippen molar-refractivity contribution in [2.24, 2.45) is 0 Å². The molecule has 0 radical (unpaired) electrons. The highest BCUT2D eigenvalue weighted by atomic mass is 16.5. The van der Waals surface area contributed by atoms with Gasteiger partial charge in [-0.1, -0.05) is 19.1 Å². The van der Waals surface area contributed by atoms with Crippen LogP contribution in [-0.4, -0.2) is 38.1 Å². The number of carbonyl (C=O) groups is 1. The molecule has 2 aromatic carbocycles. The third-order valence-corrected chi connectivity index (χ3v) is 4.06. The van der Waals surface area contributed by atoms with Gasteiger partial charge in [-0.2, -0.15) is 5.26 Å². The van der Waals surface area contributed by atoms with E-state index in [0.29, 0.717) is 29.3 Å². The number of hydrogen-bond donors (Lipinski definition) is 1. The second-order valence-corrected chi connectivity index (χ2v) is 6.14. The van der Waals surface area contributed by atoms with E-state index in [1.165, 1.54) is 0 Å². The molecule has 0 spiro atoms. The van der Waals surface area contributed by atoms with Gasteiger partial charge in [0.05, 0.1) is 32.4 Å². The largest absolute Gasteiger partial charge is 0.493 e. The Morgan fingerprint density at radius 2 is 1.81 bits per heavy atom. The molecule has 0 aliphatic heterocycles. The van der Waals surface area contributed by atoms with Crippen molar-refractivity contribution in [2.45, 2.75) is 19.9 Å². The van der Waals surface area contributed by atoms with Gasteiger partial charge in [0.15, 0.2) is 11.5 Å².